The van der Waals surface area contributed by atoms with Crippen LogP contribution in [-0.4, -0.2) is 69.1 Å². The summed E-state index contributed by atoms with van der Waals surface area (Å²) in [7, 11) is 0. The van der Waals surface area contributed by atoms with Crippen LogP contribution in [-0.2, 0) is 20.9 Å². The van der Waals surface area contributed by atoms with Crippen molar-refractivity contribution >= 4 is 45.2 Å². The minimum absolute atomic E-state index is 0.252. The Morgan fingerprint density at radius 1 is 1.19 bits per heavy atom. The molecule has 1 aliphatic heterocycles. The SMILES string of the molecule is O=CN1CCN([C@@H](C(=O)O)c2cn(CC(=O)O)c3cc(Br)ccc23)CC1. The normalized spacial score (nSPS) is 16.6. The fourth-order valence-corrected chi connectivity index (χ4v) is 3.72. The summed E-state index contributed by atoms with van der Waals surface area (Å²) in [6, 6.07) is 4.48. The van der Waals surface area contributed by atoms with Crippen molar-refractivity contribution in [3.05, 3.63) is 34.4 Å². The zero-order valence-electron chi connectivity index (χ0n) is 13.8. The number of halogens is 1. The van der Waals surface area contributed by atoms with E-state index in [1.807, 2.05) is 4.90 Å². The van der Waals surface area contributed by atoms with Crippen LogP contribution in [0.25, 0.3) is 10.9 Å². The molecule has 8 nitrogen and oxygen atoms in total. The molecule has 2 N–H and O–H groups in total. The van der Waals surface area contributed by atoms with E-state index in [1.54, 1.807) is 33.9 Å². The molecule has 1 fully saturated rings. The van der Waals surface area contributed by atoms with Crippen LogP contribution < -0.4 is 0 Å². The van der Waals surface area contributed by atoms with Gasteiger partial charge in [-0.1, -0.05) is 22.0 Å². The number of hydrogen-bond donors (Lipinski definition) is 2. The van der Waals surface area contributed by atoms with Crippen molar-refractivity contribution in [1.82, 2.24) is 14.4 Å². The summed E-state index contributed by atoms with van der Waals surface area (Å²) in [6.07, 6.45) is 2.37. The van der Waals surface area contributed by atoms with E-state index >= 15 is 0 Å². The minimum Gasteiger partial charge on any atom is -0.480 e. The van der Waals surface area contributed by atoms with Crippen molar-refractivity contribution in [3.8, 4) is 0 Å². The Morgan fingerprint density at radius 2 is 1.88 bits per heavy atom. The van der Waals surface area contributed by atoms with E-state index < -0.39 is 18.0 Å². The molecule has 0 radical (unpaired) electrons. The van der Waals surface area contributed by atoms with E-state index in [0.717, 1.165) is 10.9 Å². The maximum Gasteiger partial charge on any atom is 0.325 e. The second-order valence-electron chi connectivity index (χ2n) is 6.19. The molecule has 1 saturated heterocycles. The molecule has 0 unspecified atom stereocenters. The number of piperazine rings is 1. The standard InChI is InChI=1S/C17H18BrN3O5/c18-11-1-2-12-13(8-21(9-15(23)24)14(12)7-11)16(17(25)26)20-5-3-19(10-22)4-6-20/h1-2,7-8,10,16H,3-6,9H2,(H,23,24)(H,25,26)/t16-/m1/s1. The monoisotopic (exact) mass is 423 g/mol. The Bertz CT molecular complexity index is 857. The van der Waals surface area contributed by atoms with Gasteiger partial charge in [-0.2, -0.15) is 0 Å². The number of carbonyl (C=O) groups is 3. The molecule has 1 aromatic heterocycles. The van der Waals surface area contributed by atoms with Crippen molar-refractivity contribution in [2.75, 3.05) is 26.2 Å². The number of aromatic nitrogens is 1. The minimum atomic E-state index is -1.00. The number of carboxylic acids is 2. The number of rotatable bonds is 6. The summed E-state index contributed by atoms with van der Waals surface area (Å²) >= 11 is 3.37. The van der Waals surface area contributed by atoms with Gasteiger partial charge in [0.1, 0.15) is 12.6 Å². The quantitative estimate of drug-likeness (QED) is 0.680. The van der Waals surface area contributed by atoms with Gasteiger partial charge in [-0.25, -0.2) is 0 Å². The molecule has 1 aromatic carbocycles. The molecule has 138 valence electrons. The van der Waals surface area contributed by atoms with E-state index in [1.165, 1.54) is 0 Å². The third-order valence-electron chi connectivity index (χ3n) is 4.57. The third-order valence-corrected chi connectivity index (χ3v) is 5.07. The fourth-order valence-electron chi connectivity index (χ4n) is 3.37. The predicted molar refractivity (Wildman–Crippen MR) is 96.9 cm³/mol. The maximum atomic E-state index is 12.0. The molecular formula is C17H18BrN3O5. The number of fused-ring (bicyclic) bond motifs is 1. The van der Waals surface area contributed by atoms with Gasteiger partial charge in [0.25, 0.3) is 0 Å². The summed E-state index contributed by atoms with van der Waals surface area (Å²) in [5.41, 5.74) is 1.22. The van der Waals surface area contributed by atoms with E-state index in [0.29, 0.717) is 42.6 Å². The number of aliphatic carboxylic acids is 2. The van der Waals surface area contributed by atoms with Gasteiger partial charge in [0, 0.05) is 47.8 Å². The molecule has 0 aliphatic carbocycles. The Kier molecular flexibility index (Phi) is 5.28. The number of nitrogens with zero attached hydrogens (tertiary/aromatic N) is 3. The van der Waals surface area contributed by atoms with Crippen molar-refractivity contribution in [2.45, 2.75) is 12.6 Å². The fraction of sp³-hybridized carbons (Fsp3) is 0.353. The summed E-state index contributed by atoms with van der Waals surface area (Å²) in [5, 5.41) is 19.7. The first-order chi connectivity index (χ1) is 12.4. The third kappa shape index (κ3) is 3.58. The zero-order valence-corrected chi connectivity index (χ0v) is 15.4. The second kappa shape index (κ2) is 7.46. The molecule has 1 atom stereocenters. The Morgan fingerprint density at radius 3 is 2.46 bits per heavy atom. The van der Waals surface area contributed by atoms with Crippen molar-refractivity contribution < 1.29 is 24.6 Å². The predicted octanol–water partition coefficient (Wildman–Crippen LogP) is 1.39. The van der Waals surface area contributed by atoms with E-state index in [9.17, 15) is 19.5 Å². The number of benzene rings is 1. The maximum absolute atomic E-state index is 12.0. The molecule has 0 saturated carbocycles. The number of amides is 1. The highest BCUT2D eigenvalue weighted by Crippen LogP contribution is 2.32. The molecule has 1 aliphatic rings. The molecule has 0 spiro atoms. The molecule has 0 bridgehead atoms. The average Bonchev–Trinajstić information content (AvgIpc) is 2.92. The summed E-state index contributed by atoms with van der Waals surface area (Å²) in [6.45, 7) is 1.56. The van der Waals surface area contributed by atoms with Crippen molar-refractivity contribution in [3.63, 3.8) is 0 Å². The highest BCUT2D eigenvalue weighted by Gasteiger charge is 2.32. The van der Waals surface area contributed by atoms with Crippen LogP contribution in [0.4, 0.5) is 0 Å². The first kappa shape index (κ1) is 18.4. The molecule has 3 rings (SSSR count). The van der Waals surface area contributed by atoms with Crippen LogP contribution in [0.1, 0.15) is 11.6 Å². The summed E-state index contributed by atoms with van der Waals surface area (Å²) in [5.74, 6) is -2.00. The van der Waals surface area contributed by atoms with E-state index in [-0.39, 0.29) is 6.54 Å². The Balaban J connectivity index is 2.04. The van der Waals surface area contributed by atoms with Gasteiger partial charge in [-0.05, 0) is 12.1 Å². The van der Waals surface area contributed by atoms with Crippen LogP contribution >= 0.6 is 15.9 Å². The summed E-state index contributed by atoms with van der Waals surface area (Å²) < 4.78 is 2.34. The Labute approximate surface area is 157 Å². The lowest BCUT2D eigenvalue weighted by Crippen LogP contribution is -2.48. The molecular weight excluding hydrogens is 406 g/mol. The van der Waals surface area contributed by atoms with Crippen molar-refractivity contribution in [1.29, 1.82) is 0 Å². The Hall–Kier alpha value is -2.39. The smallest absolute Gasteiger partial charge is 0.325 e. The van der Waals surface area contributed by atoms with Crippen LogP contribution in [0.15, 0.2) is 28.9 Å². The topological polar surface area (TPSA) is 103 Å². The lowest BCUT2D eigenvalue weighted by atomic mass is 10.0. The first-order valence-corrected chi connectivity index (χ1v) is 8.86. The first-order valence-electron chi connectivity index (χ1n) is 8.07. The number of hydrogen-bond acceptors (Lipinski definition) is 4. The second-order valence-corrected chi connectivity index (χ2v) is 7.10. The molecule has 9 heteroatoms. The van der Waals surface area contributed by atoms with Crippen LogP contribution in [0.2, 0.25) is 0 Å². The molecule has 2 aromatic rings. The lowest BCUT2D eigenvalue weighted by Gasteiger charge is -2.36. The van der Waals surface area contributed by atoms with E-state index in [2.05, 4.69) is 15.9 Å². The van der Waals surface area contributed by atoms with Crippen LogP contribution in [0, 0.1) is 0 Å². The van der Waals surface area contributed by atoms with Gasteiger partial charge in [0.2, 0.25) is 6.41 Å². The van der Waals surface area contributed by atoms with Gasteiger partial charge in [0.15, 0.2) is 0 Å². The number of carbonyl (C=O) groups excluding carboxylic acids is 1. The van der Waals surface area contributed by atoms with Gasteiger partial charge >= 0.3 is 11.9 Å². The van der Waals surface area contributed by atoms with Crippen LogP contribution in [0.5, 0.6) is 0 Å². The van der Waals surface area contributed by atoms with E-state index in [4.69, 9.17) is 5.11 Å². The summed E-state index contributed by atoms with van der Waals surface area (Å²) in [4.78, 5) is 37.5. The average molecular weight is 424 g/mol. The lowest BCUT2D eigenvalue weighted by molar-refractivity contribution is -0.144. The van der Waals surface area contributed by atoms with Gasteiger partial charge < -0.3 is 19.7 Å². The number of carboxylic acid groups (broad SMARTS) is 2. The molecule has 26 heavy (non-hydrogen) atoms. The van der Waals surface area contributed by atoms with Gasteiger partial charge in [-0.3, -0.25) is 19.3 Å². The largest absolute Gasteiger partial charge is 0.480 e. The van der Waals surface area contributed by atoms with Crippen molar-refractivity contribution in [2.24, 2.45) is 0 Å². The zero-order chi connectivity index (χ0) is 18.8. The van der Waals surface area contributed by atoms with Gasteiger partial charge in [0.05, 0.1) is 5.52 Å². The highest BCUT2D eigenvalue weighted by molar-refractivity contribution is 9.10. The molecule has 1 amide bonds. The molecule has 2 heterocycles. The van der Waals surface area contributed by atoms with Gasteiger partial charge in [-0.15, -0.1) is 0 Å². The highest BCUT2D eigenvalue weighted by atomic mass is 79.9. The van der Waals surface area contributed by atoms with Crippen LogP contribution in [0.3, 0.4) is 0 Å².